The molecule has 0 aliphatic carbocycles. The van der Waals surface area contributed by atoms with Crippen LogP contribution in [0.5, 0.6) is 11.5 Å². The third-order valence-corrected chi connectivity index (χ3v) is 3.66. The van der Waals surface area contributed by atoms with Crippen molar-refractivity contribution in [1.29, 1.82) is 0 Å². The quantitative estimate of drug-likeness (QED) is 0.781. The summed E-state index contributed by atoms with van der Waals surface area (Å²) in [5.74, 6) is 1.78. The van der Waals surface area contributed by atoms with Gasteiger partial charge in [0.2, 0.25) is 0 Å². The summed E-state index contributed by atoms with van der Waals surface area (Å²) in [6.45, 7) is 7.31. The number of phenolic OH excluding ortho intramolecular Hbond substituents is 1. The van der Waals surface area contributed by atoms with E-state index < -0.39 is 0 Å². The van der Waals surface area contributed by atoms with Crippen LogP contribution in [0.25, 0.3) is 0 Å². The van der Waals surface area contributed by atoms with Crippen LogP contribution in [-0.2, 0) is 6.54 Å². The first-order valence-electron chi connectivity index (χ1n) is 6.71. The summed E-state index contributed by atoms with van der Waals surface area (Å²) < 4.78 is 5.17. The average molecular weight is 251 g/mol. The maximum atomic E-state index is 9.80. The molecule has 0 saturated heterocycles. The predicted molar refractivity (Wildman–Crippen MR) is 75.0 cm³/mol. The summed E-state index contributed by atoms with van der Waals surface area (Å²) in [7, 11) is 1.64. The van der Waals surface area contributed by atoms with Crippen molar-refractivity contribution in [3.8, 4) is 11.5 Å². The molecule has 0 aliphatic rings. The van der Waals surface area contributed by atoms with Gasteiger partial charge in [-0.05, 0) is 31.0 Å². The molecule has 1 unspecified atom stereocenters. The lowest BCUT2D eigenvalue weighted by molar-refractivity contribution is 0.349. The third kappa shape index (κ3) is 3.91. The van der Waals surface area contributed by atoms with Gasteiger partial charge in [-0.3, -0.25) is 0 Å². The highest BCUT2D eigenvalue weighted by atomic mass is 16.5. The molecule has 0 saturated carbocycles. The van der Waals surface area contributed by atoms with E-state index >= 15 is 0 Å². The highest BCUT2D eigenvalue weighted by Gasteiger charge is 2.13. The Kier molecular flexibility index (Phi) is 5.99. The number of hydrogen-bond acceptors (Lipinski definition) is 3. The molecule has 3 heteroatoms. The second-order valence-electron chi connectivity index (χ2n) is 4.74. The second kappa shape index (κ2) is 7.27. The van der Waals surface area contributed by atoms with Crippen LogP contribution >= 0.6 is 0 Å². The van der Waals surface area contributed by atoms with E-state index in [-0.39, 0.29) is 0 Å². The fraction of sp³-hybridized carbons (Fsp3) is 0.600. The summed E-state index contributed by atoms with van der Waals surface area (Å²) in [5, 5.41) is 13.3. The van der Waals surface area contributed by atoms with Crippen molar-refractivity contribution in [2.45, 2.75) is 46.2 Å². The lowest BCUT2D eigenvalue weighted by Crippen LogP contribution is -2.32. The SMILES string of the molecule is CCC(CC)C(C)NCc1cc(OC)ccc1O. The number of hydrogen-bond donors (Lipinski definition) is 2. The van der Waals surface area contributed by atoms with Crippen LogP contribution in [0.15, 0.2) is 18.2 Å². The zero-order chi connectivity index (χ0) is 13.5. The fourth-order valence-electron chi connectivity index (χ4n) is 2.26. The van der Waals surface area contributed by atoms with Gasteiger partial charge in [-0.25, -0.2) is 0 Å². The van der Waals surface area contributed by atoms with Gasteiger partial charge in [0.1, 0.15) is 11.5 Å². The van der Waals surface area contributed by atoms with Crippen molar-refractivity contribution in [2.24, 2.45) is 5.92 Å². The van der Waals surface area contributed by atoms with Crippen molar-refractivity contribution in [3.63, 3.8) is 0 Å². The molecule has 0 amide bonds. The van der Waals surface area contributed by atoms with Gasteiger partial charge in [-0.1, -0.05) is 26.7 Å². The minimum absolute atomic E-state index is 0.319. The first kappa shape index (κ1) is 14.8. The monoisotopic (exact) mass is 251 g/mol. The number of rotatable bonds is 7. The molecule has 102 valence electrons. The molecule has 2 N–H and O–H groups in total. The standard InChI is InChI=1S/C15H25NO2/c1-5-12(6-2)11(3)16-10-13-9-14(18-4)7-8-15(13)17/h7-9,11-12,16-17H,5-6,10H2,1-4H3. The summed E-state index contributed by atoms with van der Waals surface area (Å²) in [6.07, 6.45) is 2.35. The lowest BCUT2D eigenvalue weighted by Gasteiger charge is -2.22. The Bertz CT molecular complexity index is 362. The summed E-state index contributed by atoms with van der Waals surface area (Å²) in [4.78, 5) is 0. The predicted octanol–water partition coefficient (Wildman–Crippen LogP) is 3.32. The van der Waals surface area contributed by atoms with Gasteiger partial charge in [0.05, 0.1) is 7.11 Å². The summed E-state index contributed by atoms with van der Waals surface area (Å²) >= 11 is 0. The maximum absolute atomic E-state index is 9.80. The topological polar surface area (TPSA) is 41.5 Å². The Labute approximate surface area is 110 Å². The number of nitrogens with one attached hydrogen (secondary N) is 1. The molecule has 0 aromatic heterocycles. The molecule has 1 rings (SSSR count). The molecule has 0 bridgehead atoms. The van der Waals surface area contributed by atoms with E-state index in [9.17, 15) is 5.11 Å². The van der Waals surface area contributed by atoms with E-state index in [1.165, 1.54) is 12.8 Å². The third-order valence-electron chi connectivity index (χ3n) is 3.66. The first-order valence-corrected chi connectivity index (χ1v) is 6.71. The van der Waals surface area contributed by atoms with Gasteiger partial charge in [0.15, 0.2) is 0 Å². The molecule has 0 radical (unpaired) electrons. The van der Waals surface area contributed by atoms with E-state index in [0.717, 1.165) is 11.3 Å². The van der Waals surface area contributed by atoms with Gasteiger partial charge in [-0.15, -0.1) is 0 Å². The fourth-order valence-corrected chi connectivity index (χ4v) is 2.26. The summed E-state index contributed by atoms with van der Waals surface area (Å²) in [5.41, 5.74) is 0.882. The Hall–Kier alpha value is -1.22. The van der Waals surface area contributed by atoms with E-state index in [1.54, 1.807) is 19.2 Å². The Balaban J connectivity index is 2.62. The number of benzene rings is 1. The molecule has 1 aromatic carbocycles. The highest BCUT2D eigenvalue weighted by molar-refractivity contribution is 5.39. The molecule has 3 nitrogen and oxygen atoms in total. The molecule has 0 heterocycles. The number of methoxy groups -OCH3 is 1. The molecule has 0 spiro atoms. The molecular formula is C15H25NO2. The Morgan fingerprint density at radius 3 is 2.50 bits per heavy atom. The number of aromatic hydroxyl groups is 1. The Morgan fingerprint density at radius 2 is 1.94 bits per heavy atom. The van der Waals surface area contributed by atoms with Gasteiger partial charge in [0.25, 0.3) is 0 Å². The smallest absolute Gasteiger partial charge is 0.120 e. The Morgan fingerprint density at radius 1 is 1.28 bits per heavy atom. The van der Waals surface area contributed by atoms with Crippen LogP contribution in [-0.4, -0.2) is 18.3 Å². The maximum Gasteiger partial charge on any atom is 0.120 e. The molecular weight excluding hydrogens is 226 g/mol. The minimum Gasteiger partial charge on any atom is -0.508 e. The summed E-state index contributed by atoms with van der Waals surface area (Å²) in [6, 6.07) is 5.77. The number of phenols is 1. The van der Waals surface area contributed by atoms with Crippen molar-refractivity contribution in [3.05, 3.63) is 23.8 Å². The molecule has 18 heavy (non-hydrogen) atoms. The van der Waals surface area contributed by atoms with Gasteiger partial charge >= 0.3 is 0 Å². The van der Waals surface area contributed by atoms with Crippen LogP contribution in [0, 0.1) is 5.92 Å². The zero-order valence-corrected chi connectivity index (χ0v) is 11.9. The van der Waals surface area contributed by atoms with Gasteiger partial charge in [0, 0.05) is 18.2 Å². The van der Waals surface area contributed by atoms with Crippen molar-refractivity contribution in [1.82, 2.24) is 5.32 Å². The molecule has 0 aliphatic heterocycles. The first-order chi connectivity index (χ1) is 8.62. The number of ether oxygens (including phenoxy) is 1. The van der Waals surface area contributed by atoms with E-state index in [2.05, 4.69) is 26.1 Å². The van der Waals surface area contributed by atoms with E-state index in [1.807, 2.05) is 6.07 Å². The van der Waals surface area contributed by atoms with E-state index in [4.69, 9.17) is 4.74 Å². The minimum atomic E-state index is 0.319. The van der Waals surface area contributed by atoms with E-state index in [0.29, 0.717) is 24.3 Å². The largest absolute Gasteiger partial charge is 0.508 e. The molecule has 1 atom stereocenters. The molecule has 1 aromatic rings. The van der Waals surface area contributed by atoms with Crippen molar-refractivity contribution < 1.29 is 9.84 Å². The highest BCUT2D eigenvalue weighted by Crippen LogP contribution is 2.23. The van der Waals surface area contributed by atoms with Crippen LogP contribution in [0.1, 0.15) is 39.2 Å². The van der Waals surface area contributed by atoms with Crippen molar-refractivity contribution >= 4 is 0 Å². The van der Waals surface area contributed by atoms with Crippen molar-refractivity contribution in [2.75, 3.05) is 7.11 Å². The van der Waals surface area contributed by atoms with Gasteiger partial charge < -0.3 is 15.2 Å². The normalized spacial score (nSPS) is 12.7. The van der Waals surface area contributed by atoms with Gasteiger partial charge in [-0.2, -0.15) is 0 Å². The zero-order valence-electron chi connectivity index (χ0n) is 11.9. The van der Waals surface area contributed by atoms with Crippen LogP contribution in [0.4, 0.5) is 0 Å². The molecule has 0 fully saturated rings. The van der Waals surface area contributed by atoms with Crippen LogP contribution in [0.2, 0.25) is 0 Å². The van der Waals surface area contributed by atoms with Crippen LogP contribution in [0.3, 0.4) is 0 Å². The van der Waals surface area contributed by atoms with Crippen LogP contribution < -0.4 is 10.1 Å². The lowest BCUT2D eigenvalue weighted by atomic mass is 9.95. The average Bonchev–Trinajstić information content (AvgIpc) is 2.39. The second-order valence-corrected chi connectivity index (χ2v) is 4.74.